The Morgan fingerprint density at radius 3 is 2.67 bits per heavy atom. The Labute approximate surface area is 126 Å². The number of hydrogen-bond acceptors (Lipinski definition) is 3. The van der Waals surface area contributed by atoms with E-state index in [0.717, 1.165) is 6.42 Å². The molecular formula is C16H25FN2O2. The normalized spacial score (nSPS) is 11.3. The molecule has 0 heterocycles. The summed E-state index contributed by atoms with van der Waals surface area (Å²) in [6.07, 6.45) is 0.853. The molecule has 0 bridgehead atoms. The average molecular weight is 296 g/mol. The van der Waals surface area contributed by atoms with Crippen molar-refractivity contribution in [1.82, 2.24) is 10.6 Å². The highest BCUT2D eigenvalue weighted by Gasteiger charge is 2.14. The second kappa shape index (κ2) is 7.98. The van der Waals surface area contributed by atoms with Crippen molar-refractivity contribution >= 4 is 5.91 Å². The third-order valence-electron chi connectivity index (χ3n) is 2.78. The molecule has 0 aromatic heterocycles. The van der Waals surface area contributed by atoms with E-state index < -0.39 is 5.82 Å². The standard InChI is InChI=1S/C16H25FN2O2/c1-5-9-18-14(20)11-21-15-12(7-6-8-13(15)17)10-19-16(2,3)4/h6-8,19H,5,9-11H2,1-4H3,(H,18,20). The van der Waals surface area contributed by atoms with E-state index in [9.17, 15) is 9.18 Å². The number of benzene rings is 1. The number of carbonyl (C=O) groups excluding carboxylic acids is 1. The van der Waals surface area contributed by atoms with Crippen LogP contribution in [0.4, 0.5) is 4.39 Å². The molecular weight excluding hydrogens is 271 g/mol. The SMILES string of the molecule is CCCNC(=O)COc1c(F)cccc1CNC(C)(C)C. The fourth-order valence-corrected chi connectivity index (χ4v) is 1.67. The third-order valence-corrected chi connectivity index (χ3v) is 2.78. The van der Waals surface area contributed by atoms with Crippen LogP contribution in [0.1, 0.15) is 39.7 Å². The second-order valence-electron chi connectivity index (χ2n) is 5.97. The lowest BCUT2D eigenvalue weighted by atomic mass is 10.1. The summed E-state index contributed by atoms with van der Waals surface area (Å²) < 4.78 is 19.3. The molecule has 0 aliphatic rings. The van der Waals surface area contributed by atoms with Crippen LogP contribution < -0.4 is 15.4 Å². The molecule has 21 heavy (non-hydrogen) atoms. The maximum atomic E-state index is 13.9. The maximum absolute atomic E-state index is 13.9. The molecule has 0 saturated carbocycles. The number of nitrogens with one attached hydrogen (secondary N) is 2. The van der Waals surface area contributed by atoms with E-state index in [4.69, 9.17) is 4.74 Å². The molecule has 0 saturated heterocycles. The van der Waals surface area contributed by atoms with Crippen molar-refractivity contribution in [2.45, 2.75) is 46.2 Å². The molecule has 0 aliphatic carbocycles. The zero-order valence-corrected chi connectivity index (χ0v) is 13.3. The molecule has 1 rings (SSSR count). The molecule has 2 N–H and O–H groups in total. The highest BCUT2D eigenvalue weighted by Crippen LogP contribution is 2.23. The van der Waals surface area contributed by atoms with Crippen molar-refractivity contribution in [2.24, 2.45) is 0 Å². The van der Waals surface area contributed by atoms with Gasteiger partial charge in [0, 0.05) is 24.2 Å². The zero-order valence-electron chi connectivity index (χ0n) is 13.3. The molecule has 1 aromatic carbocycles. The first-order valence-electron chi connectivity index (χ1n) is 7.25. The van der Waals surface area contributed by atoms with Gasteiger partial charge in [-0.05, 0) is 33.3 Å². The highest BCUT2D eigenvalue weighted by molar-refractivity contribution is 5.77. The van der Waals surface area contributed by atoms with Crippen LogP contribution in [0, 0.1) is 5.82 Å². The number of para-hydroxylation sites is 1. The summed E-state index contributed by atoms with van der Waals surface area (Å²) in [5, 5.41) is 5.98. The fraction of sp³-hybridized carbons (Fsp3) is 0.562. The van der Waals surface area contributed by atoms with E-state index in [1.165, 1.54) is 6.07 Å². The molecule has 118 valence electrons. The van der Waals surface area contributed by atoms with Crippen LogP contribution in [-0.2, 0) is 11.3 Å². The van der Waals surface area contributed by atoms with Gasteiger partial charge in [-0.3, -0.25) is 4.79 Å². The molecule has 1 aromatic rings. The quantitative estimate of drug-likeness (QED) is 0.813. The largest absolute Gasteiger partial charge is 0.480 e. The molecule has 0 spiro atoms. The summed E-state index contributed by atoms with van der Waals surface area (Å²) in [5.74, 6) is -0.553. The van der Waals surface area contributed by atoms with E-state index in [1.54, 1.807) is 12.1 Å². The predicted octanol–water partition coefficient (Wildman–Crippen LogP) is 2.62. The topological polar surface area (TPSA) is 50.4 Å². The van der Waals surface area contributed by atoms with Crippen LogP contribution in [0.15, 0.2) is 18.2 Å². The first-order chi connectivity index (χ1) is 9.83. The van der Waals surface area contributed by atoms with Gasteiger partial charge < -0.3 is 15.4 Å². The molecule has 0 aliphatic heterocycles. The van der Waals surface area contributed by atoms with Crippen molar-refractivity contribution in [2.75, 3.05) is 13.2 Å². The lowest BCUT2D eigenvalue weighted by molar-refractivity contribution is -0.123. The van der Waals surface area contributed by atoms with E-state index in [2.05, 4.69) is 10.6 Å². The minimum Gasteiger partial charge on any atom is -0.480 e. The van der Waals surface area contributed by atoms with Crippen molar-refractivity contribution in [3.05, 3.63) is 29.6 Å². The first kappa shape index (κ1) is 17.4. The minimum atomic E-state index is -0.452. The Kier molecular flexibility index (Phi) is 6.62. The monoisotopic (exact) mass is 296 g/mol. The Hall–Kier alpha value is -1.62. The highest BCUT2D eigenvalue weighted by atomic mass is 19.1. The summed E-state index contributed by atoms with van der Waals surface area (Å²) in [7, 11) is 0. The molecule has 0 fully saturated rings. The lowest BCUT2D eigenvalue weighted by Gasteiger charge is -2.21. The number of carbonyl (C=O) groups is 1. The summed E-state index contributed by atoms with van der Waals surface area (Å²) in [6, 6.07) is 4.76. The minimum absolute atomic E-state index is 0.0813. The molecule has 0 unspecified atom stereocenters. The summed E-state index contributed by atoms with van der Waals surface area (Å²) in [5.41, 5.74) is 0.621. The van der Waals surface area contributed by atoms with Gasteiger partial charge in [0.1, 0.15) is 0 Å². The first-order valence-corrected chi connectivity index (χ1v) is 7.25. The Balaban J connectivity index is 2.69. The van der Waals surface area contributed by atoms with E-state index >= 15 is 0 Å². The van der Waals surface area contributed by atoms with Crippen LogP contribution in [0.2, 0.25) is 0 Å². The number of halogens is 1. The smallest absolute Gasteiger partial charge is 0.257 e. The van der Waals surface area contributed by atoms with Gasteiger partial charge in [0.2, 0.25) is 0 Å². The number of ether oxygens (including phenoxy) is 1. The van der Waals surface area contributed by atoms with Crippen LogP contribution in [0.3, 0.4) is 0 Å². The van der Waals surface area contributed by atoms with Gasteiger partial charge in [0.05, 0.1) is 0 Å². The maximum Gasteiger partial charge on any atom is 0.257 e. The van der Waals surface area contributed by atoms with Crippen LogP contribution in [-0.4, -0.2) is 24.6 Å². The van der Waals surface area contributed by atoms with Gasteiger partial charge in [-0.15, -0.1) is 0 Å². The molecule has 5 heteroatoms. The number of rotatable bonds is 7. The van der Waals surface area contributed by atoms with Gasteiger partial charge in [0.25, 0.3) is 5.91 Å². The fourth-order valence-electron chi connectivity index (χ4n) is 1.67. The van der Waals surface area contributed by atoms with E-state index in [0.29, 0.717) is 18.7 Å². The predicted molar refractivity (Wildman–Crippen MR) is 81.8 cm³/mol. The van der Waals surface area contributed by atoms with Crippen molar-refractivity contribution in [3.63, 3.8) is 0 Å². The van der Waals surface area contributed by atoms with Crippen molar-refractivity contribution in [1.29, 1.82) is 0 Å². The van der Waals surface area contributed by atoms with E-state index in [-0.39, 0.29) is 23.8 Å². The zero-order chi connectivity index (χ0) is 15.9. The third kappa shape index (κ3) is 6.58. The Morgan fingerprint density at radius 1 is 1.33 bits per heavy atom. The van der Waals surface area contributed by atoms with Crippen LogP contribution >= 0.6 is 0 Å². The van der Waals surface area contributed by atoms with E-state index in [1.807, 2.05) is 27.7 Å². The molecule has 0 radical (unpaired) electrons. The Bertz CT molecular complexity index is 470. The van der Waals surface area contributed by atoms with Crippen molar-refractivity contribution < 1.29 is 13.9 Å². The van der Waals surface area contributed by atoms with Crippen LogP contribution in [0.5, 0.6) is 5.75 Å². The molecule has 1 amide bonds. The molecule has 0 atom stereocenters. The van der Waals surface area contributed by atoms with Crippen LogP contribution in [0.25, 0.3) is 0 Å². The number of amides is 1. The number of hydrogen-bond donors (Lipinski definition) is 2. The summed E-state index contributed by atoms with van der Waals surface area (Å²) in [6.45, 7) is 8.96. The second-order valence-corrected chi connectivity index (χ2v) is 5.97. The Morgan fingerprint density at radius 2 is 2.05 bits per heavy atom. The lowest BCUT2D eigenvalue weighted by Crippen LogP contribution is -2.35. The molecule has 4 nitrogen and oxygen atoms in total. The van der Waals surface area contributed by atoms with Gasteiger partial charge >= 0.3 is 0 Å². The summed E-state index contributed by atoms with van der Waals surface area (Å²) in [4.78, 5) is 11.5. The average Bonchev–Trinajstić information content (AvgIpc) is 2.41. The van der Waals surface area contributed by atoms with Gasteiger partial charge in [0.15, 0.2) is 18.2 Å². The van der Waals surface area contributed by atoms with Crippen molar-refractivity contribution in [3.8, 4) is 5.75 Å². The van der Waals surface area contributed by atoms with Gasteiger partial charge in [-0.2, -0.15) is 0 Å². The summed E-state index contributed by atoms with van der Waals surface area (Å²) >= 11 is 0. The van der Waals surface area contributed by atoms with Gasteiger partial charge in [-0.1, -0.05) is 19.1 Å². The van der Waals surface area contributed by atoms with Gasteiger partial charge in [-0.25, -0.2) is 4.39 Å².